The van der Waals surface area contributed by atoms with E-state index in [1.165, 1.54) is 12.1 Å². The molecule has 0 aliphatic heterocycles. The molecule has 0 unspecified atom stereocenters. The first-order valence-corrected chi connectivity index (χ1v) is 7.96. The number of nitrogens with zero attached hydrogens (tertiary/aromatic N) is 2. The molecule has 0 atom stereocenters. The van der Waals surface area contributed by atoms with E-state index in [-0.39, 0.29) is 11.6 Å². The fourth-order valence-corrected chi connectivity index (χ4v) is 3.13. The van der Waals surface area contributed by atoms with Crippen molar-refractivity contribution >= 4 is 5.82 Å². The van der Waals surface area contributed by atoms with E-state index in [4.69, 9.17) is 5.73 Å². The number of nitrogen functional groups attached to an aromatic ring is 1. The lowest BCUT2D eigenvalue weighted by Gasteiger charge is -2.17. The quantitative estimate of drug-likeness (QED) is 0.724. The molecule has 0 radical (unpaired) electrons. The summed E-state index contributed by atoms with van der Waals surface area (Å²) in [7, 11) is 0. The molecule has 0 aliphatic rings. The molecule has 124 valence electrons. The van der Waals surface area contributed by atoms with Crippen LogP contribution in [-0.2, 0) is 0 Å². The summed E-state index contributed by atoms with van der Waals surface area (Å²) in [5.41, 5.74) is 12.7. The fraction of sp³-hybridized carbons (Fsp3) is 0.143. The van der Waals surface area contributed by atoms with E-state index < -0.39 is 0 Å². The Morgan fingerprint density at radius 1 is 1.04 bits per heavy atom. The van der Waals surface area contributed by atoms with Crippen LogP contribution in [-0.4, -0.2) is 4.98 Å². The van der Waals surface area contributed by atoms with Gasteiger partial charge in [0.2, 0.25) is 0 Å². The van der Waals surface area contributed by atoms with Crippen LogP contribution >= 0.6 is 0 Å². The van der Waals surface area contributed by atoms with Crippen molar-refractivity contribution in [1.82, 2.24) is 4.98 Å². The molecule has 0 amide bonds. The predicted octanol–water partition coefficient (Wildman–Crippen LogP) is 4.93. The molecule has 0 saturated heterocycles. The minimum Gasteiger partial charge on any atom is -0.383 e. The van der Waals surface area contributed by atoms with Crippen molar-refractivity contribution in [2.24, 2.45) is 0 Å². The number of pyridine rings is 1. The summed E-state index contributed by atoms with van der Waals surface area (Å²) in [5, 5.41) is 9.61. The molecule has 2 aromatic carbocycles. The van der Waals surface area contributed by atoms with Crippen LogP contribution in [0, 0.1) is 37.9 Å². The summed E-state index contributed by atoms with van der Waals surface area (Å²) in [6.45, 7) is 5.96. The Hall–Kier alpha value is -3.19. The number of rotatable bonds is 2. The van der Waals surface area contributed by atoms with Crippen LogP contribution in [0.2, 0.25) is 0 Å². The van der Waals surface area contributed by atoms with Gasteiger partial charge in [0.15, 0.2) is 0 Å². The molecule has 1 aromatic heterocycles. The van der Waals surface area contributed by atoms with Gasteiger partial charge in [-0.2, -0.15) is 5.26 Å². The van der Waals surface area contributed by atoms with Gasteiger partial charge < -0.3 is 5.73 Å². The summed E-state index contributed by atoms with van der Waals surface area (Å²) in [4.78, 5) is 4.41. The monoisotopic (exact) mass is 331 g/mol. The van der Waals surface area contributed by atoms with Gasteiger partial charge in [0.1, 0.15) is 23.3 Å². The lowest BCUT2D eigenvalue weighted by molar-refractivity contribution is 0.628. The Bertz CT molecular complexity index is 999. The van der Waals surface area contributed by atoms with Crippen molar-refractivity contribution in [2.75, 3.05) is 5.73 Å². The second-order valence-corrected chi connectivity index (χ2v) is 6.16. The van der Waals surface area contributed by atoms with Crippen LogP contribution in [0.3, 0.4) is 0 Å². The number of anilines is 1. The topological polar surface area (TPSA) is 62.7 Å². The number of halogens is 1. The van der Waals surface area contributed by atoms with Gasteiger partial charge in [-0.25, -0.2) is 9.37 Å². The SMILES string of the molecule is Cc1ccc(-c2c(C)c(-c3ccc(F)cc3)nc(N)c2C#N)c(C)c1. The first-order chi connectivity index (χ1) is 11.9. The summed E-state index contributed by atoms with van der Waals surface area (Å²) in [6.07, 6.45) is 0. The van der Waals surface area contributed by atoms with Crippen LogP contribution < -0.4 is 5.73 Å². The standard InChI is InChI=1S/C21H18FN3/c1-12-4-9-17(13(2)10-12)19-14(3)20(25-21(24)18(19)11-23)15-5-7-16(22)8-6-15/h4-10H,1-3H3,(H2,24,25). The first-order valence-electron chi connectivity index (χ1n) is 7.96. The number of aromatic nitrogens is 1. The number of hydrogen-bond acceptors (Lipinski definition) is 3. The number of nitriles is 1. The molecular formula is C21H18FN3. The molecule has 3 nitrogen and oxygen atoms in total. The zero-order chi connectivity index (χ0) is 18.1. The third-order valence-electron chi connectivity index (χ3n) is 4.35. The second kappa shape index (κ2) is 6.37. The zero-order valence-corrected chi connectivity index (χ0v) is 14.4. The number of hydrogen-bond donors (Lipinski definition) is 1. The van der Waals surface area contributed by atoms with Crippen LogP contribution in [0.15, 0.2) is 42.5 Å². The third kappa shape index (κ3) is 2.97. The van der Waals surface area contributed by atoms with Crippen molar-refractivity contribution in [1.29, 1.82) is 5.26 Å². The Kier molecular flexibility index (Phi) is 4.24. The highest BCUT2D eigenvalue weighted by molar-refractivity contribution is 5.85. The van der Waals surface area contributed by atoms with Crippen molar-refractivity contribution in [2.45, 2.75) is 20.8 Å². The van der Waals surface area contributed by atoms with Crippen LogP contribution in [0.25, 0.3) is 22.4 Å². The summed E-state index contributed by atoms with van der Waals surface area (Å²) in [5.74, 6) is -0.125. The first kappa shape index (κ1) is 16.7. The predicted molar refractivity (Wildman–Crippen MR) is 98.4 cm³/mol. The van der Waals surface area contributed by atoms with Gasteiger partial charge >= 0.3 is 0 Å². The molecule has 0 fully saturated rings. The largest absolute Gasteiger partial charge is 0.383 e. The Morgan fingerprint density at radius 3 is 2.32 bits per heavy atom. The molecule has 25 heavy (non-hydrogen) atoms. The Morgan fingerprint density at radius 2 is 1.72 bits per heavy atom. The smallest absolute Gasteiger partial charge is 0.142 e. The molecule has 3 rings (SSSR count). The lowest BCUT2D eigenvalue weighted by atomic mass is 9.90. The maximum Gasteiger partial charge on any atom is 0.142 e. The average molecular weight is 331 g/mol. The third-order valence-corrected chi connectivity index (χ3v) is 4.35. The van der Waals surface area contributed by atoms with Crippen molar-refractivity contribution in [3.63, 3.8) is 0 Å². The molecule has 0 saturated carbocycles. The minimum atomic E-state index is -0.308. The van der Waals surface area contributed by atoms with Crippen molar-refractivity contribution in [3.05, 3.63) is 70.5 Å². The Labute approximate surface area is 146 Å². The Balaban J connectivity index is 2.34. The van der Waals surface area contributed by atoms with Gasteiger partial charge in [-0.3, -0.25) is 0 Å². The number of benzene rings is 2. The second-order valence-electron chi connectivity index (χ2n) is 6.16. The summed E-state index contributed by atoms with van der Waals surface area (Å²) >= 11 is 0. The fourth-order valence-electron chi connectivity index (χ4n) is 3.13. The highest BCUT2D eigenvalue weighted by Gasteiger charge is 2.19. The van der Waals surface area contributed by atoms with Crippen LogP contribution in [0.4, 0.5) is 10.2 Å². The highest BCUT2D eigenvalue weighted by Crippen LogP contribution is 2.37. The lowest BCUT2D eigenvalue weighted by Crippen LogP contribution is -2.04. The van der Waals surface area contributed by atoms with E-state index in [2.05, 4.69) is 17.1 Å². The normalized spacial score (nSPS) is 10.5. The molecule has 0 spiro atoms. The summed E-state index contributed by atoms with van der Waals surface area (Å²) < 4.78 is 13.2. The molecule has 4 heteroatoms. The average Bonchev–Trinajstić information content (AvgIpc) is 2.58. The van der Waals surface area contributed by atoms with Gasteiger partial charge in [0, 0.05) is 11.1 Å². The summed E-state index contributed by atoms with van der Waals surface area (Å²) in [6, 6.07) is 14.4. The van der Waals surface area contributed by atoms with Gasteiger partial charge in [-0.15, -0.1) is 0 Å². The molecular weight excluding hydrogens is 313 g/mol. The van der Waals surface area contributed by atoms with Gasteiger partial charge in [-0.1, -0.05) is 23.8 Å². The molecule has 1 heterocycles. The van der Waals surface area contributed by atoms with Gasteiger partial charge in [0.25, 0.3) is 0 Å². The van der Waals surface area contributed by atoms with Crippen LogP contribution in [0.1, 0.15) is 22.3 Å². The molecule has 0 aliphatic carbocycles. The number of nitrogens with two attached hydrogens (primary N) is 1. The van der Waals surface area contributed by atoms with E-state index in [0.717, 1.165) is 33.4 Å². The van der Waals surface area contributed by atoms with E-state index >= 15 is 0 Å². The maximum absolute atomic E-state index is 13.2. The minimum absolute atomic E-state index is 0.183. The molecule has 3 aromatic rings. The molecule has 2 N–H and O–H groups in total. The maximum atomic E-state index is 13.2. The van der Waals surface area contributed by atoms with E-state index in [1.54, 1.807) is 12.1 Å². The highest BCUT2D eigenvalue weighted by atomic mass is 19.1. The van der Waals surface area contributed by atoms with E-state index in [9.17, 15) is 9.65 Å². The van der Waals surface area contributed by atoms with E-state index in [1.807, 2.05) is 32.9 Å². The molecule has 0 bridgehead atoms. The van der Waals surface area contributed by atoms with Crippen molar-refractivity contribution in [3.8, 4) is 28.5 Å². The van der Waals surface area contributed by atoms with Crippen molar-refractivity contribution < 1.29 is 4.39 Å². The van der Waals surface area contributed by atoms with Crippen LogP contribution in [0.5, 0.6) is 0 Å². The number of aryl methyl sites for hydroxylation is 2. The van der Waals surface area contributed by atoms with Gasteiger partial charge in [0.05, 0.1) is 5.69 Å². The van der Waals surface area contributed by atoms with Gasteiger partial charge in [-0.05, 0) is 61.7 Å². The van der Waals surface area contributed by atoms with E-state index in [0.29, 0.717) is 11.3 Å². The zero-order valence-electron chi connectivity index (χ0n) is 14.4.